The molecule has 1 aromatic heterocycles. The van der Waals surface area contributed by atoms with E-state index in [0.29, 0.717) is 23.7 Å². The van der Waals surface area contributed by atoms with E-state index in [9.17, 15) is 18.5 Å². The molecule has 4 aromatic carbocycles. The number of sulfonamides is 1. The van der Waals surface area contributed by atoms with E-state index in [0.717, 1.165) is 57.6 Å². The van der Waals surface area contributed by atoms with Crippen LogP contribution in [0.2, 0.25) is 0 Å². The normalized spacial score (nSPS) is 16.0. The molecule has 12 nitrogen and oxygen atoms in total. The van der Waals surface area contributed by atoms with Crippen LogP contribution in [-0.4, -0.2) is 73.6 Å². The fourth-order valence-corrected chi connectivity index (χ4v) is 7.52. The molecule has 0 spiro atoms. The smallest absolute Gasteiger partial charge is 0.312 e. The van der Waals surface area contributed by atoms with Crippen molar-refractivity contribution in [2.24, 2.45) is 0 Å². The third-order valence-corrected chi connectivity index (χ3v) is 10.4. The van der Waals surface area contributed by atoms with Gasteiger partial charge in [0.15, 0.2) is 11.6 Å². The van der Waals surface area contributed by atoms with Gasteiger partial charge < -0.3 is 15.0 Å². The molecule has 2 aliphatic heterocycles. The summed E-state index contributed by atoms with van der Waals surface area (Å²) >= 11 is 0. The minimum Gasteiger partial charge on any atom is -0.483 e. The van der Waals surface area contributed by atoms with Gasteiger partial charge in [-0.15, -0.1) is 0 Å². The summed E-state index contributed by atoms with van der Waals surface area (Å²) in [7, 11) is -4.22. The molecule has 7 rings (SSSR count). The lowest BCUT2D eigenvalue weighted by molar-refractivity contribution is -0.386. The van der Waals surface area contributed by atoms with Crippen LogP contribution in [0.5, 0.6) is 5.75 Å². The number of nitrogens with one attached hydrogen (secondary N) is 2. The van der Waals surface area contributed by atoms with Crippen molar-refractivity contribution in [2.45, 2.75) is 30.4 Å². The first-order valence-corrected chi connectivity index (χ1v) is 17.9. The molecule has 2 N–H and O–H groups in total. The standard InChI is InChI=1S/C36H37N7O5S/c44-43(45)34-23-30(11-13-35(34)48-29-14-16-37-17-15-29)49(46,47)40-36-32-12-10-28(22-33(32)38-25-39-36)42-20-18-41(19-21-42)24-27-8-4-5-9-31(27)26-6-2-1-3-7-26/h1-13,22-23,25,29,37H,14-21,24H2,(H,38,39,40). The highest BCUT2D eigenvalue weighted by molar-refractivity contribution is 7.92. The second-order valence-corrected chi connectivity index (χ2v) is 14.0. The summed E-state index contributed by atoms with van der Waals surface area (Å²) < 4.78 is 35.3. The summed E-state index contributed by atoms with van der Waals surface area (Å²) in [6.45, 7) is 5.83. The number of nitro benzene ring substituents is 1. The van der Waals surface area contributed by atoms with Gasteiger partial charge in [0.1, 0.15) is 12.4 Å². The molecule has 0 saturated carbocycles. The highest BCUT2D eigenvalue weighted by atomic mass is 32.2. The second-order valence-electron chi connectivity index (χ2n) is 12.3. The molecule has 49 heavy (non-hydrogen) atoms. The lowest BCUT2D eigenvalue weighted by Crippen LogP contribution is -2.46. The average Bonchev–Trinajstić information content (AvgIpc) is 3.13. The highest BCUT2D eigenvalue weighted by Gasteiger charge is 2.26. The Kier molecular flexibility index (Phi) is 9.38. The Morgan fingerprint density at radius 3 is 2.43 bits per heavy atom. The zero-order chi connectivity index (χ0) is 33.8. The lowest BCUT2D eigenvalue weighted by atomic mass is 9.99. The number of fused-ring (bicyclic) bond motifs is 1. The summed E-state index contributed by atoms with van der Waals surface area (Å²) in [6, 6.07) is 28.4. The van der Waals surface area contributed by atoms with Crippen LogP contribution >= 0.6 is 0 Å². The fourth-order valence-electron chi connectivity index (χ4n) is 6.47. The first-order valence-electron chi connectivity index (χ1n) is 16.4. The Morgan fingerprint density at radius 2 is 1.65 bits per heavy atom. The van der Waals surface area contributed by atoms with E-state index >= 15 is 0 Å². The predicted octanol–water partition coefficient (Wildman–Crippen LogP) is 5.46. The summed E-state index contributed by atoms with van der Waals surface area (Å²) in [5.41, 5.74) is 4.94. The van der Waals surface area contributed by atoms with Crippen molar-refractivity contribution < 1.29 is 18.1 Å². The van der Waals surface area contributed by atoms with Crippen molar-refractivity contribution in [3.05, 3.63) is 113 Å². The van der Waals surface area contributed by atoms with Crippen LogP contribution in [0.15, 0.2) is 102 Å². The van der Waals surface area contributed by atoms with Crippen molar-refractivity contribution in [2.75, 3.05) is 48.9 Å². The zero-order valence-corrected chi connectivity index (χ0v) is 27.7. The number of nitro groups is 1. The first-order chi connectivity index (χ1) is 23.8. The molecule has 5 aromatic rings. The maximum atomic E-state index is 13.4. The Hall–Kier alpha value is -5.11. The Morgan fingerprint density at radius 1 is 0.898 bits per heavy atom. The number of hydrogen-bond donors (Lipinski definition) is 2. The fraction of sp³-hybridized carbons (Fsp3) is 0.278. The van der Waals surface area contributed by atoms with Crippen molar-refractivity contribution in [3.8, 4) is 16.9 Å². The molecule has 0 aliphatic carbocycles. The van der Waals surface area contributed by atoms with Crippen LogP contribution in [0, 0.1) is 10.1 Å². The molecular formula is C36H37N7O5S. The lowest BCUT2D eigenvalue weighted by Gasteiger charge is -2.36. The van der Waals surface area contributed by atoms with E-state index in [1.54, 1.807) is 0 Å². The number of ether oxygens (including phenoxy) is 1. The van der Waals surface area contributed by atoms with Gasteiger partial charge in [-0.05, 0) is 73.0 Å². The molecule has 2 fully saturated rings. The van der Waals surface area contributed by atoms with Gasteiger partial charge in [-0.2, -0.15) is 0 Å². The number of piperidine rings is 1. The van der Waals surface area contributed by atoms with Gasteiger partial charge in [0.2, 0.25) is 0 Å². The molecule has 0 unspecified atom stereocenters. The third-order valence-electron chi connectivity index (χ3n) is 9.10. The molecule has 2 saturated heterocycles. The predicted molar refractivity (Wildman–Crippen MR) is 189 cm³/mol. The van der Waals surface area contributed by atoms with Crippen LogP contribution in [0.1, 0.15) is 18.4 Å². The van der Waals surface area contributed by atoms with Crippen molar-refractivity contribution in [1.82, 2.24) is 20.2 Å². The van der Waals surface area contributed by atoms with Gasteiger partial charge in [0.25, 0.3) is 10.0 Å². The van der Waals surface area contributed by atoms with Crippen molar-refractivity contribution in [1.29, 1.82) is 0 Å². The summed E-state index contributed by atoms with van der Waals surface area (Å²) in [5, 5.41) is 15.6. The van der Waals surface area contributed by atoms with E-state index < -0.39 is 20.6 Å². The average molecular weight is 680 g/mol. The monoisotopic (exact) mass is 679 g/mol. The van der Waals surface area contributed by atoms with Crippen LogP contribution in [0.4, 0.5) is 17.2 Å². The number of benzene rings is 4. The zero-order valence-electron chi connectivity index (χ0n) is 26.9. The maximum Gasteiger partial charge on any atom is 0.312 e. The molecule has 0 radical (unpaired) electrons. The van der Waals surface area contributed by atoms with E-state index in [4.69, 9.17) is 4.74 Å². The Labute approximate surface area is 285 Å². The highest BCUT2D eigenvalue weighted by Crippen LogP contribution is 2.33. The largest absolute Gasteiger partial charge is 0.483 e. The summed E-state index contributed by atoms with van der Waals surface area (Å²) in [4.78, 5) is 24.4. The van der Waals surface area contributed by atoms with E-state index in [1.807, 2.05) is 24.3 Å². The van der Waals surface area contributed by atoms with E-state index in [1.165, 1.54) is 35.2 Å². The van der Waals surface area contributed by atoms with Crippen LogP contribution in [0.3, 0.4) is 0 Å². The second kappa shape index (κ2) is 14.2. The third kappa shape index (κ3) is 7.33. The molecule has 0 amide bonds. The molecule has 0 bridgehead atoms. The molecule has 13 heteroatoms. The Balaban J connectivity index is 1.03. The minimum atomic E-state index is -4.22. The molecule has 252 valence electrons. The quantitative estimate of drug-likeness (QED) is 0.144. The number of rotatable bonds is 10. The number of piperazine rings is 1. The number of hydrogen-bond acceptors (Lipinski definition) is 10. The van der Waals surface area contributed by atoms with Crippen molar-refractivity contribution >= 4 is 38.1 Å². The van der Waals surface area contributed by atoms with Gasteiger partial charge in [-0.25, -0.2) is 18.4 Å². The minimum absolute atomic E-state index is 0.0497. The molecule has 0 atom stereocenters. The van der Waals surface area contributed by atoms with Gasteiger partial charge in [0, 0.05) is 49.9 Å². The van der Waals surface area contributed by atoms with Gasteiger partial charge in [0.05, 0.1) is 15.3 Å². The maximum absolute atomic E-state index is 13.4. The SMILES string of the molecule is O=[N+]([O-])c1cc(S(=O)(=O)Nc2ncnc3cc(N4CCN(Cc5ccccc5-c5ccccc5)CC4)ccc23)ccc1OC1CCNCC1. The van der Waals surface area contributed by atoms with Crippen LogP contribution in [-0.2, 0) is 16.6 Å². The van der Waals surface area contributed by atoms with Gasteiger partial charge in [-0.3, -0.25) is 19.7 Å². The number of anilines is 2. The molecular weight excluding hydrogens is 643 g/mol. The summed E-state index contributed by atoms with van der Waals surface area (Å²) in [6.07, 6.45) is 2.55. The van der Waals surface area contributed by atoms with Crippen LogP contribution < -0.4 is 19.7 Å². The van der Waals surface area contributed by atoms with Crippen LogP contribution in [0.25, 0.3) is 22.0 Å². The first kappa shape index (κ1) is 32.4. The number of nitrogens with zero attached hydrogens (tertiary/aromatic N) is 5. The Bertz CT molecular complexity index is 2070. The summed E-state index contributed by atoms with van der Waals surface area (Å²) in [5.74, 6) is 0.143. The van der Waals surface area contributed by atoms with Gasteiger partial charge >= 0.3 is 5.69 Å². The van der Waals surface area contributed by atoms with Crippen molar-refractivity contribution in [3.63, 3.8) is 0 Å². The molecule has 3 heterocycles. The topological polar surface area (TPSA) is 143 Å². The van der Waals surface area contributed by atoms with Gasteiger partial charge in [-0.1, -0.05) is 54.6 Å². The number of aromatic nitrogens is 2. The van der Waals surface area contributed by atoms with E-state index in [2.05, 4.69) is 78.3 Å². The molecule has 2 aliphatic rings. The van der Waals surface area contributed by atoms with E-state index in [-0.39, 0.29) is 22.6 Å².